The van der Waals surface area contributed by atoms with Gasteiger partial charge in [-0.2, -0.15) is 0 Å². The van der Waals surface area contributed by atoms with Crippen molar-refractivity contribution in [1.82, 2.24) is 15.1 Å². The van der Waals surface area contributed by atoms with Gasteiger partial charge < -0.3 is 19.9 Å². The molecular weight excluding hydrogens is 535 g/mol. The Bertz CT molecular complexity index is 691. The van der Waals surface area contributed by atoms with Gasteiger partial charge in [0.25, 0.3) is 0 Å². The number of piperidine rings is 1. The number of likely N-dealkylation sites (N-methyl/N-ethyl adjacent to an activating group) is 1. The largest absolute Gasteiger partial charge is 0.376 e. The highest BCUT2D eigenvalue weighted by Crippen LogP contribution is 2.31. The van der Waals surface area contributed by atoms with E-state index in [0.717, 1.165) is 62.9 Å². The highest BCUT2D eigenvalue weighted by molar-refractivity contribution is 14.0. The summed E-state index contributed by atoms with van der Waals surface area (Å²) >= 11 is 7.90. The smallest absolute Gasteiger partial charge is 0.243 e. The summed E-state index contributed by atoms with van der Waals surface area (Å²) in [5.41, 5.74) is 0. The molecule has 1 atom stereocenters. The molecule has 1 unspecified atom stereocenters. The molecule has 9 heteroatoms. The van der Waals surface area contributed by atoms with Crippen LogP contribution in [-0.4, -0.2) is 79.9 Å². The molecule has 2 saturated heterocycles. The number of amides is 1. The van der Waals surface area contributed by atoms with E-state index in [1.54, 1.807) is 19.0 Å². The van der Waals surface area contributed by atoms with Crippen molar-refractivity contribution in [2.75, 3.05) is 46.9 Å². The fraction of sp³-hybridized carbons (Fsp3) is 0.619. The van der Waals surface area contributed by atoms with Gasteiger partial charge in [-0.3, -0.25) is 4.79 Å². The van der Waals surface area contributed by atoms with E-state index in [4.69, 9.17) is 16.3 Å². The second-order valence-electron chi connectivity index (χ2n) is 7.70. The van der Waals surface area contributed by atoms with Crippen molar-refractivity contribution < 1.29 is 9.53 Å². The first-order valence-corrected chi connectivity index (χ1v) is 11.5. The number of thioether (sulfide) groups is 1. The molecule has 168 valence electrons. The van der Waals surface area contributed by atoms with Gasteiger partial charge in [0.2, 0.25) is 5.91 Å². The summed E-state index contributed by atoms with van der Waals surface area (Å²) in [6, 6.07) is 8.06. The fourth-order valence-electron chi connectivity index (χ4n) is 3.45. The number of halogens is 2. The molecule has 2 fully saturated rings. The molecule has 1 N–H and O–H groups in total. The Morgan fingerprint density at radius 3 is 2.57 bits per heavy atom. The van der Waals surface area contributed by atoms with Crippen molar-refractivity contribution >= 4 is 59.2 Å². The number of benzene rings is 1. The topological polar surface area (TPSA) is 57.2 Å². The third kappa shape index (κ3) is 8.09. The molecule has 0 aromatic heterocycles. The van der Waals surface area contributed by atoms with Crippen LogP contribution in [0, 0.1) is 0 Å². The van der Waals surface area contributed by atoms with Crippen LogP contribution in [0.3, 0.4) is 0 Å². The highest BCUT2D eigenvalue weighted by Gasteiger charge is 2.24. The molecule has 6 nitrogen and oxygen atoms in total. The molecule has 0 aliphatic carbocycles. The molecule has 0 spiro atoms. The number of guanidine groups is 1. The number of hydrogen-bond donors (Lipinski definition) is 1. The second-order valence-corrected chi connectivity index (χ2v) is 9.51. The summed E-state index contributed by atoms with van der Waals surface area (Å²) in [5, 5.41) is 4.81. The Labute approximate surface area is 206 Å². The molecule has 0 bridgehead atoms. The number of nitrogens with zero attached hydrogens (tertiary/aromatic N) is 3. The summed E-state index contributed by atoms with van der Waals surface area (Å²) in [6.07, 6.45) is 4.59. The number of carbonyl (C=O) groups is 1. The van der Waals surface area contributed by atoms with Crippen LogP contribution in [0.25, 0.3) is 0 Å². The molecule has 1 amide bonds. The Morgan fingerprint density at radius 2 is 1.97 bits per heavy atom. The maximum atomic E-state index is 12.0. The van der Waals surface area contributed by atoms with E-state index < -0.39 is 0 Å². The number of rotatable bonds is 6. The first-order chi connectivity index (χ1) is 14.0. The van der Waals surface area contributed by atoms with Gasteiger partial charge in [-0.25, -0.2) is 4.99 Å². The third-order valence-electron chi connectivity index (χ3n) is 5.23. The molecule has 0 radical (unpaired) electrons. The van der Waals surface area contributed by atoms with E-state index in [1.807, 2.05) is 23.9 Å². The number of carbonyl (C=O) groups excluding carboxylic acids is 1. The van der Waals surface area contributed by atoms with Crippen LogP contribution in [0.2, 0.25) is 5.02 Å². The first-order valence-electron chi connectivity index (χ1n) is 10.3. The number of aliphatic imine (C=N–C) groups is 1. The SMILES string of the molecule is CN(C)C(=O)CN=C(NCC1CCCO1)N1CCC(Sc2ccc(Cl)cc2)CC1.I. The lowest BCUT2D eigenvalue weighted by molar-refractivity contribution is -0.127. The molecule has 2 aliphatic rings. The van der Waals surface area contributed by atoms with E-state index in [1.165, 1.54) is 4.90 Å². The summed E-state index contributed by atoms with van der Waals surface area (Å²) in [7, 11) is 3.52. The minimum absolute atomic E-state index is 0. The van der Waals surface area contributed by atoms with Gasteiger partial charge >= 0.3 is 0 Å². The highest BCUT2D eigenvalue weighted by atomic mass is 127. The van der Waals surface area contributed by atoms with Crippen LogP contribution >= 0.6 is 47.3 Å². The van der Waals surface area contributed by atoms with E-state index >= 15 is 0 Å². The zero-order chi connectivity index (χ0) is 20.6. The Hall–Kier alpha value is -0.710. The summed E-state index contributed by atoms with van der Waals surface area (Å²) in [5.74, 6) is 0.834. The maximum Gasteiger partial charge on any atom is 0.243 e. The average Bonchev–Trinajstić information content (AvgIpc) is 3.24. The molecule has 2 aliphatic heterocycles. The number of likely N-dealkylation sites (tertiary alicyclic amines) is 1. The lowest BCUT2D eigenvalue weighted by Gasteiger charge is -2.34. The van der Waals surface area contributed by atoms with Crippen molar-refractivity contribution in [3.63, 3.8) is 0 Å². The standard InChI is InChI=1S/C21H31ClN4O2S.HI/c1-25(2)20(27)15-24-21(23-14-17-4-3-13-28-17)26-11-9-19(10-12-26)29-18-7-5-16(22)6-8-18;/h5-8,17,19H,3-4,9-15H2,1-2H3,(H,23,24);1H. The minimum atomic E-state index is 0. The molecule has 1 aromatic rings. The van der Waals surface area contributed by atoms with Crippen LogP contribution in [0.5, 0.6) is 0 Å². The van der Waals surface area contributed by atoms with E-state index in [9.17, 15) is 4.79 Å². The van der Waals surface area contributed by atoms with Crippen molar-refractivity contribution in [3.8, 4) is 0 Å². The summed E-state index contributed by atoms with van der Waals surface area (Å²) in [6.45, 7) is 3.61. The van der Waals surface area contributed by atoms with Crippen LogP contribution in [0.1, 0.15) is 25.7 Å². The molecular formula is C21H32ClIN4O2S. The normalized spacial score (nSPS) is 20.0. The fourth-order valence-corrected chi connectivity index (χ4v) is 4.70. The maximum absolute atomic E-state index is 12.0. The summed E-state index contributed by atoms with van der Waals surface area (Å²) in [4.78, 5) is 21.7. The van der Waals surface area contributed by atoms with Gasteiger partial charge in [-0.05, 0) is 49.9 Å². The molecule has 0 saturated carbocycles. The predicted octanol–water partition coefficient (Wildman–Crippen LogP) is 3.73. The molecule has 1 aromatic carbocycles. The second kappa shape index (κ2) is 13.0. The average molecular weight is 567 g/mol. The third-order valence-corrected chi connectivity index (χ3v) is 6.83. The number of ether oxygens (including phenoxy) is 1. The zero-order valence-corrected chi connectivity index (χ0v) is 21.6. The van der Waals surface area contributed by atoms with Crippen molar-refractivity contribution in [1.29, 1.82) is 0 Å². The lowest BCUT2D eigenvalue weighted by Crippen LogP contribution is -2.48. The Balaban J connectivity index is 0.00000320. The van der Waals surface area contributed by atoms with E-state index in [-0.39, 0.29) is 42.5 Å². The van der Waals surface area contributed by atoms with Gasteiger partial charge in [-0.15, -0.1) is 35.7 Å². The number of nitrogens with one attached hydrogen (secondary N) is 1. The van der Waals surface area contributed by atoms with Crippen LogP contribution in [0.15, 0.2) is 34.2 Å². The van der Waals surface area contributed by atoms with E-state index in [2.05, 4.69) is 27.3 Å². The quantitative estimate of drug-likeness (QED) is 0.323. The van der Waals surface area contributed by atoms with Gasteiger partial charge in [0.1, 0.15) is 6.54 Å². The number of hydrogen-bond acceptors (Lipinski definition) is 4. The van der Waals surface area contributed by atoms with Crippen molar-refractivity contribution in [2.45, 2.75) is 41.9 Å². The van der Waals surface area contributed by atoms with Crippen LogP contribution in [0.4, 0.5) is 0 Å². The molecule has 3 rings (SSSR count). The monoisotopic (exact) mass is 566 g/mol. The van der Waals surface area contributed by atoms with Gasteiger partial charge in [-0.1, -0.05) is 11.6 Å². The Morgan fingerprint density at radius 1 is 1.27 bits per heavy atom. The van der Waals surface area contributed by atoms with Crippen LogP contribution in [-0.2, 0) is 9.53 Å². The van der Waals surface area contributed by atoms with Gasteiger partial charge in [0.15, 0.2) is 5.96 Å². The minimum Gasteiger partial charge on any atom is -0.376 e. The van der Waals surface area contributed by atoms with Crippen molar-refractivity contribution in [2.24, 2.45) is 4.99 Å². The van der Waals surface area contributed by atoms with E-state index in [0.29, 0.717) is 5.25 Å². The molecule has 30 heavy (non-hydrogen) atoms. The molecule has 2 heterocycles. The van der Waals surface area contributed by atoms with Crippen molar-refractivity contribution in [3.05, 3.63) is 29.3 Å². The Kier molecular flexibility index (Phi) is 11.1. The van der Waals surface area contributed by atoms with Gasteiger partial charge in [0, 0.05) is 55.5 Å². The van der Waals surface area contributed by atoms with Gasteiger partial charge in [0.05, 0.1) is 6.10 Å². The predicted molar refractivity (Wildman–Crippen MR) is 135 cm³/mol. The zero-order valence-electron chi connectivity index (χ0n) is 17.7. The van der Waals surface area contributed by atoms with Crippen LogP contribution < -0.4 is 5.32 Å². The lowest BCUT2D eigenvalue weighted by atomic mass is 10.1. The summed E-state index contributed by atoms with van der Waals surface area (Å²) < 4.78 is 5.72. The first kappa shape index (κ1) is 25.5.